The van der Waals surface area contributed by atoms with Crippen LogP contribution in [-0.2, 0) is 0 Å². The van der Waals surface area contributed by atoms with E-state index in [2.05, 4.69) is 20.3 Å². The summed E-state index contributed by atoms with van der Waals surface area (Å²) in [5.41, 5.74) is 0. The Morgan fingerprint density at radius 1 is 1.00 bits per heavy atom. The molecular formula is C4H4IK-. The van der Waals surface area contributed by atoms with Crippen LogP contribution in [0.1, 0.15) is 0 Å². The molecule has 0 aromatic carbocycles. The maximum absolute atomic E-state index is 2.24. The van der Waals surface area contributed by atoms with E-state index in [0.717, 1.165) is 0 Å². The number of hydrogen-bond acceptors (Lipinski definition) is 0. The van der Waals surface area contributed by atoms with Crippen LogP contribution < -0.4 is 21.2 Å². The molecule has 0 atom stereocenters. The van der Waals surface area contributed by atoms with Crippen molar-refractivity contribution in [3.05, 3.63) is 20.3 Å². The summed E-state index contributed by atoms with van der Waals surface area (Å²) in [4.78, 5) is 0. The minimum absolute atomic E-state index is 0. The van der Waals surface area contributed by atoms with Crippen molar-refractivity contribution in [2.45, 2.75) is 0 Å². The van der Waals surface area contributed by atoms with Crippen molar-refractivity contribution in [2.24, 2.45) is 0 Å². The summed E-state index contributed by atoms with van der Waals surface area (Å²) < 4.78 is 4.47. The van der Waals surface area contributed by atoms with E-state index in [0.29, 0.717) is 21.2 Å². The molecule has 0 bridgehead atoms. The Balaban J connectivity index is 0.000000250. The van der Waals surface area contributed by atoms with Crippen LogP contribution in [-0.4, -0.2) is 51.4 Å². The van der Waals surface area contributed by atoms with E-state index in [1.165, 1.54) is 0 Å². The van der Waals surface area contributed by atoms with E-state index >= 15 is 0 Å². The van der Waals surface area contributed by atoms with E-state index in [4.69, 9.17) is 0 Å². The average molecular weight is 218 g/mol. The van der Waals surface area contributed by atoms with Gasteiger partial charge in [0.25, 0.3) is 0 Å². The normalized spacial score (nSPS) is 16.0. The van der Waals surface area contributed by atoms with Crippen molar-refractivity contribution in [1.82, 2.24) is 0 Å². The van der Waals surface area contributed by atoms with E-state index in [1.807, 2.05) is 0 Å². The largest absolute Gasteiger partial charge is 0 e. The third kappa shape index (κ3) is 2.93. The molecule has 1 aliphatic rings. The van der Waals surface area contributed by atoms with Gasteiger partial charge in [0.1, 0.15) is 0 Å². The van der Waals surface area contributed by atoms with Crippen molar-refractivity contribution in [3.63, 3.8) is 0 Å². The van der Waals surface area contributed by atoms with Crippen LogP contribution in [0.4, 0.5) is 0 Å². The van der Waals surface area contributed by atoms with Gasteiger partial charge in [0.15, 0.2) is 0 Å². The second-order valence-corrected chi connectivity index (χ2v) is 2.92. The van der Waals surface area contributed by atoms with Gasteiger partial charge in [-0.25, -0.2) is 0 Å². The van der Waals surface area contributed by atoms with Gasteiger partial charge in [-0.2, -0.15) is 0 Å². The van der Waals surface area contributed by atoms with Crippen LogP contribution >= 0.6 is 0 Å². The van der Waals surface area contributed by atoms with Gasteiger partial charge in [0, 0.05) is 51.4 Å². The third-order valence-electron chi connectivity index (χ3n) is 0.402. The molecule has 1 radical (unpaired) electrons. The minimum Gasteiger partial charge on any atom is 0 e. The molecule has 0 saturated carbocycles. The molecule has 0 fully saturated rings. The maximum Gasteiger partial charge on any atom is 0 e. The number of hydrogen-bond donors (Lipinski definition) is 0. The minimum atomic E-state index is 0. The first-order valence-electron chi connectivity index (χ1n) is 1.44. The first-order chi connectivity index (χ1) is 2.50. The van der Waals surface area contributed by atoms with Gasteiger partial charge in [-0.15, -0.1) is 0 Å². The summed E-state index contributed by atoms with van der Waals surface area (Å²) in [6.07, 6.45) is 4.21. The Morgan fingerprint density at radius 3 is 1.67 bits per heavy atom. The average Bonchev–Trinajstić information content (AvgIpc) is 1.76. The molecule has 0 aromatic heterocycles. The van der Waals surface area contributed by atoms with E-state index in [9.17, 15) is 0 Å². The fraction of sp³-hybridized carbons (Fsp3) is 0. The predicted molar refractivity (Wildman–Crippen MR) is 24.0 cm³/mol. The Kier molecular flexibility index (Phi) is 6.53. The van der Waals surface area contributed by atoms with Crippen molar-refractivity contribution >= 4 is 51.4 Å². The molecular weight excluding hydrogens is 214 g/mol. The van der Waals surface area contributed by atoms with Crippen molar-refractivity contribution in [3.8, 4) is 0 Å². The second-order valence-electron chi connectivity index (χ2n) is 0.763. The van der Waals surface area contributed by atoms with Gasteiger partial charge in [0.2, 0.25) is 0 Å². The van der Waals surface area contributed by atoms with Gasteiger partial charge in [-0.1, -0.05) is 0 Å². The number of allylic oxidation sites excluding steroid dienone is 2. The molecule has 0 unspecified atom stereocenters. The van der Waals surface area contributed by atoms with Gasteiger partial charge in [-0.05, 0) is 0 Å². The van der Waals surface area contributed by atoms with Crippen LogP contribution in [0.25, 0.3) is 0 Å². The zero-order valence-electron chi connectivity index (χ0n) is 3.69. The molecule has 2 heteroatoms. The van der Waals surface area contributed by atoms with Crippen molar-refractivity contribution in [1.29, 1.82) is 0 Å². The smallest absolute Gasteiger partial charge is 0 e. The standard InChI is InChI=1S/C4H4I.K/c1-2-4-5-3-1;/h1-4H;/q-1;. The van der Waals surface area contributed by atoms with E-state index < -0.39 is 0 Å². The van der Waals surface area contributed by atoms with Crippen molar-refractivity contribution in [2.75, 3.05) is 0 Å². The van der Waals surface area contributed by atoms with Gasteiger partial charge in [0.05, 0.1) is 0 Å². The van der Waals surface area contributed by atoms with Gasteiger partial charge < -0.3 is 0 Å². The Bertz CT molecular complexity index is 65.6. The van der Waals surface area contributed by atoms with Crippen LogP contribution in [0.2, 0.25) is 0 Å². The van der Waals surface area contributed by atoms with E-state index in [-0.39, 0.29) is 51.4 Å². The Labute approximate surface area is 90.8 Å². The summed E-state index contributed by atoms with van der Waals surface area (Å²) in [7, 11) is 0. The molecule has 1 rings (SSSR count). The molecule has 0 N–H and O–H groups in total. The Hall–Kier alpha value is 1.85. The van der Waals surface area contributed by atoms with Gasteiger partial charge >= 0.3 is 41.5 Å². The molecule has 0 aromatic rings. The molecule has 0 spiro atoms. The van der Waals surface area contributed by atoms with Crippen LogP contribution in [0.3, 0.4) is 0 Å². The van der Waals surface area contributed by atoms with Crippen molar-refractivity contribution < 1.29 is 21.2 Å². The first kappa shape index (κ1) is 7.85. The zero-order valence-corrected chi connectivity index (χ0v) is 8.97. The van der Waals surface area contributed by atoms with Crippen LogP contribution in [0.15, 0.2) is 20.3 Å². The van der Waals surface area contributed by atoms with Gasteiger partial charge in [-0.3, -0.25) is 0 Å². The molecule has 0 nitrogen and oxygen atoms in total. The molecule has 6 heavy (non-hydrogen) atoms. The van der Waals surface area contributed by atoms with Crippen LogP contribution in [0, 0.1) is 0 Å². The third-order valence-corrected chi connectivity index (χ3v) is 2.06. The summed E-state index contributed by atoms with van der Waals surface area (Å²) >= 11 is 0.381. The Morgan fingerprint density at radius 2 is 1.50 bits per heavy atom. The second kappa shape index (κ2) is 4.99. The summed E-state index contributed by atoms with van der Waals surface area (Å²) in [6, 6.07) is 0. The topological polar surface area (TPSA) is 0 Å². The molecule has 0 saturated heterocycles. The zero-order chi connectivity index (χ0) is 3.54. The summed E-state index contributed by atoms with van der Waals surface area (Å²) in [6.45, 7) is 0. The molecule has 29 valence electrons. The molecule has 0 aliphatic carbocycles. The predicted octanol–water partition coefficient (Wildman–Crippen LogP) is -2.26. The molecule has 1 aliphatic heterocycles. The fourth-order valence-electron chi connectivity index (χ4n) is 0.210. The van der Waals surface area contributed by atoms with E-state index in [1.54, 1.807) is 0 Å². The fourth-order valence-corrected chi connectivity index (χ4v) is 1.41. The number of halogens is 1. The van der Waals surface area contributed by atoms with Crippen LogP contribution in [0.5, 0.6) is 0 Å². The number of rotatable bonds is 0. The SMILES string of the molecule is C1=C[I-]C=C1.[K]. The summed E-state index contributed by atoms with van der Waals surface area (Å²) in [5.74, 6) is 0. The molecule has 1 heterocycles. The summed E-state index contributed by atoms with van der Waals surface area (Å²) in [5, 5.41) is 0. The first-order valence-corrected chi connectivity index (χ1v) is 3.93. The maximum atomic E-state index is 2.24. The monoisotopic (exact) mass is 218 g/mol. The molecule has 0 amide bonds. The quantitative estimate of drug-likeness (QED) is 0.318.